The minimum atomic E-state index is -0.183. The summed E-state index contributed by atoms with van der Waals surface area (Å²) in [6, 6.07) is 0.370. The maximum Gasteiger partial charge on any atom is 0.0964 e. The number of nitrogens with one attached hydrogen (secondary N) is 1. The molecule has 0 aliphatic heterocycles. The molecule has 5 heteroatoms. The molecular formula is C10H18N4O. The monoisotopic (exact) mass is 210 g/mol. The van der Waals surface area contributed by atoms with Crippen LogP contribution in [0.25, 0.3) is 0 Å². The van der Waals surface area contributed by atoms with Crippen LogP contribution in [0.2, 0.25) is 0 Å². The predicted octanol–water partition coefficient (Wildman–Crippen LogP) is 0.0641. The molecule has 0 amide bonds. The Balaban J connectivity index is 1.85. The maximum absolute atomic E-state index is 9.58. The minimum Gasteiger partial charge on any atom is -0.392 e. The summed E-state index contributed by atoms with van der Waals surface area (Å²) >= 11 is 0. The van der Waals surface area contributed by atoms with Gasteiger partial charge in [-0.3, -0.25) is 4.68 Å². The van der Waals surface area contributed by atoms with Crippen molar-refractivity contribution < 1.29 is 5.11 Å². The second-order valence-electron chi connectivity index (χ2n) is 4.89. The molecule has 15 heavy (non-hydrogen) atoms. The minimum absolute atomic E-state index is 0.0256. The summed E-state index contributed by atoms with van der Waals surface area (Å²) in [5, 5.41) is 20.8. The van der Waals surface area contributed by atoms with Crippen molar-refractivity contribution >= 4 is 0 Å². The van der Waals surface area contributed by atoms with Crippen LogP contribution in [0.4, 0.5) is 0 Å². The van der Waals surface area contributed by atoms with Crippen molar-refractivity contribution in [3.05, 3.63) is 11.9 Å². The first-order chi connectivity index (χ1) is 7.00. The summed E-state index contributed by atoms with van der Waals surface area (Å²) in [5.74, 6) is 0. The van der Waals surface area contributed by atoms with E-state index in [2.05, 4.69) is 29.5 Å². The van der Waals surface area contributed by atoms with Crippen LogP contribution < -0.4 is 5.32 Å². The van der Waals surface area contributed by atoms with Crippen LogP contribution in [-0.4, -0.2) is 32.2 Å². The molecule has 1 heterocycles. The predicted molar refractivity (Wildman–Crippen MR) is 56.0 cm³/mol. The van der Waals surface area contributed by atoms with Crippen molar-refractivity contribution in [2.75, 3.05) is 0 Å². The van der Waals surface area contributed by atoms with Crippen molar-refractivity contribution in [2.24, 2.45) is 12.5 Å². The molecule has 2 rings (SSSR count). The molecule has 1 saturated carbocycles. The second-order valence-corrected chi connectivity index (χ2v) is 4.89. The zero-order valence-corrected chi connectivity index (χ0v) is 9.44. The van der Waals surface area contributed by atoms with Crippen molar-refractivity contribution in [2.45, 2.75) is 39.0 Å². The van der Waals surface area contributed by atoms with E-state index in [0.29, 0.717) is 12.6 Å². The van der Waals surface area contributed by atoms with Crippen LogP contribution in [0.3, 0.4) is 0 Å². The van der Waals surface area contributed by atoms with Crippen LogP contribution in [-0.2, 0) is 13.6 Å². The third kappa shape index (κ3) is 1.89. The smallest absolute Gasteiger partial charge is 0.0964 e. The molecule has 0 bridgehead atoms. The van der Waals surface area contributed by atoms with Gasteiger partial charge in [0.1, 0.15) is 0 Å². The number of aromatic nitrogens is 3. The molecule has 0 saturated heterocycles. The quantitative estimate of drug-likeness (QED) is 0.740. The molecule has 0 spiro atoms. The SMILES string of the molecule is Cn1cc(CNC2CC(O)C2(C)C)nn1. The first-order valence-electron chi connectivity index (χ1n) is 5.27. The van der Waals surface area contributed by atoms with Crippen molar-refractivity contribution in [3.63, 3.8) is 0 Å². The van der Waals surface area contributed by atoms with E-state index in [1.54, 1.807) is 4.68 Å². The number of aryl methyl sites for hydroxylation is 1. The van der Waals surface area contributed by atoms with Gasteiger partial charge in [-0.25, -0.2) is 0 Å². The van der Waals surface area contributed by atoms with Gasteiger partial charge in [-0.2, -0.15) is 0 Å². The standard InChI is InChI=1S/C10H18N4O/c1-10(2)8(4-9(10)15)11-5-7-6-14(3)13-12-7/h6,8-9,11,15H,4-5H2,1-3H3. The topological polar surface area (TPSA) is 63.0 Å². The highest BCUT2D eigenvalue weighted by Crippen LogP contribution is 2.40. The fraction of sp³-hybridized carbons (Fsp3) is 0.800. The van der Waals surface area contributed by atoms with Gasteiger partial charge in [0, 0.05) is 31.2 Å². The average molecular weight is 210 g/mol. The van der Waals surface area contributed by atoms with Gasteiger partial charge in [0.05, 0.1) is 11.8 Å². The normalized spacial score (nSPS) is 28.8. The molecule has 5 nitrogen and oxygen atoms in total. The Hall–Kier alpha value is -0.940. The highest BCUT2D eigenvalue weighted by Gasteiger charge is 2.46. The van der Waals surface area contributed by atoms with Gasteiger partial charge >= 0.3 is 0 Å². The van der Waals surface area contributed by atoms with Gasteiger partial charge in [-0.1, -0.05) is 19.1 Å². The molecule has 1 aromatic heterocycles. The number of hydrogen-bond acceptors (Lipinski definition) is 4. The van der Waals surface area contributed by atoms with Crippen molar-refractivity contribution in [1.29, 1.82) is 0 Å². The number of nitrogens with zero attached hydrogens (tertiary/aromatic N) is 3. The van der Waals surface area contributed by atoms with Gasteiger partial charge in [-0.05, 0) is 6.42 Å². The lowest BCUT2D eigenvalue weighted by Gasteiger charge is -2.49. The first-order valence-corrected chi connectivity index (χ1v) is 5.27. The zero-order valence-electron chi connectivity index (χ0n) is 9.44. The molecule has 2 N–H and O–H groups in total. The molecule has 1 fully saturated rings. The Bertz CT molecular complexity index is 347. The van der Waals surface area contributed by atoms with Gasteiger partial charge in [0.25, 0.3) is 0 Å². The van der Waals surface area contributed by atoms with E-state index >= 15 is 0 Å². The van der Waals surface area contributed by atoms with E-state index in [9.17, 15) is 5.11 Å². The van der Waals surface area contributed by atoms with Gasteiger partial charge in [0.15, 0.2) is 0 Å². The van der Waals surface area contributed by atoms with Gasteiger partial charge < -0.3 is 10.4 Å². The lowest BCUT2D eigenvalue weighted by molar-refractivity contribution is -0.0730. The summed E-state index contributed by atoms with van der Waals surface area (Å²) in [5.41, 5.74) is 0.914. The Morgan fingerprint density at radius 3 is 2.87 bits per heavy atom. The van der Waals surface area contributed by atoms with E-state index < -0.39 is 0 Å². The summed E-state index contributed by atoms with van der Waals surface area (Å²) in [7, 11) is 1.85. The fourth-order valence-electron chi connectivity index (χ4n) is 1.95. The number of aliphatic hydroxyl groups excluding tert-OH is 1. The largest absolute Gasteiger partial charge is 0.392 e. The van der Waals surface area contributed by atoms with Crippen LogP contribution in [0.5, 0.6) is 0 Å². The Labute approximate surface area is 89.5 Å². The zero-order chi connectivity index (χ0) is 11.1. The number of aliphatic hydroxyl groups is 1. The molecule has 1 aliphatic rings. The molecule has 1 aromatic rings. The molecule has 0 aromatic carbocycles. The Morgan fingerprint density at radius 1 is 1.67 bits per heavy atom. The Morgan fingerprint density at radius 2 is 2.40 bits per heavy atom. The molecular weight excluding hydrogens is 192 g/mol. The maximum atomic E-state index is 9.58. The molecule has 2 atom stereocenters. The summed E-state index contributed by atoms with van der Waals surface area (Å²) in [6.45, 7) is 4.87. The lowest BCUT2D eigenvalue weighted by Crippen LogP contribution is -2.59. The van der Waals surface area contributed by atoms with Crippen LogP contribution in [0, 0.1) is 5.41 Å². The third-order valence-electron chi connectivity index (χ3n) is 3.40. The van der Waals surface area contributed by atoms with Crippen molar-refractivity contribution in [1.82, 2.24) is 20.3 Å². The summed E-state index contributed by atoms with van der Waals surface area (Å²) in [6.07, 6.45) is 2.54. The summed E-state index contributed by atoms with van der Waals surface area (Å²) < 4.78 is 1.69. The van der Waals surface area contributed by atoms with E-state index in [1.807, 2.05) is 13.2 Å². The fourth-order valence-corrected chi connectivity index (χ4v) is 1.95. The van der Waals surface area contributed by atoms with E-state index in [0.717, 1.165) is 12.1 Å². The summed E-state index contributed by atoms with van der Waals surface area (Å²) in [4.78, 5) is 0. The lowest BCUT2D eigenvalue weighted by atomic mass is 9.64. The first kappa shape index (κ1) is 10.6. The molecule has 1 aliphatic carbocycles. The van der Waals surface area contributed by atoms with Crippen LogP contribution >= 0.6 is 0 Å². The number of rotatable bonds is 3. The Kier molecular flexibility index (Phi) is 2.52. The molecule has 84 valence electrons. The highest BCUT2D eigenvalue weighted by atomic mass is 16.3. The van der Waals surface area contributed by atoms with Gasteiger partial charge in [-0.15, -0.1) is 5.10 Å². The molecule has 2 unspecified atom stereocenters. The average Bonchev–Trinajstić information content (AvgIpc) is 2.58. The molecule has 0 radical (unpaired) electrons. The van der Waals surface area contributed by atoms with E-state index in [1.165, 1.54) is 0 Å². The van der Waals surface area contributed by atoms with Crippen LogP contribution in [0.15, 0.2) is 6.20 Å². The van der Waals surface area contributed by atoms with Crippen molar-refractivity contribution in [3.8, 4) is 0 Å². The second kappa shape index (κ2) is 3.57. The number of hydrogen-bond donors (Lipinski definition) is 2. The van der Waals surface area contributed by atoms with E-state index in [-0.39, 0.29) is 11.5 Å². The third-order valence-corrected chi connectivity index (χ3v) is 3.40. The van der Waals surface area contributed by atoms with Gasteiger partial charge in [0.2, 0.25) is 0 Å². The van der Waals surface area contributed by atoms with E-state index in [4.69, 9.17) is 0 Å². The highest BCUT2D eigenvalue weighted by molar-refractivity contribution is 5.03. The van der Waals surface area contributed by atoms with Crippen LogP contribution in [0.1, 0.15) is 26.0 Å².